The van der Waals surface area contributed by atoms with Crippen molar-refractivity contribution in [1.82, 2.24) is 9.80 Å². The zero-order valence-corrected chi connectivity index (χ0v) is 21.2. The van der Waals surface area contributed by atoms with Gasteiger partial charge in [0.1, 0.15) is 0 Å². The molecule has 2 saturated heterocycles. The fourth-order valence-electron chi connectivity index (χ4n) is 5.95. The van der Waals surface area contributed by atoms with Gasteiger partial charge >= 0.3 is 6.18 Å². The van der Waals surface area contributed by atoms with Crippen molar-refractivity contribution in [2.45, 2.75) is 62.2 Å². The van der Waals surface area contributed by atoms with Gasteiger partial charge in [0.2, 0.25) is 0 Å². The van der Waals surface area contributed by atoms with Crippen molar-refractivity contribution < 1.29 is 13.2 Å². The van der Waals surface area contributed by atoms with Crippen molar-refractivity contribution in [1.29, 1.82) is 0 Å². The monoisotopic (exact) mass is 507 g/mol. The molecule has 4 aliphatic rings. The van der Waals surface area contributed by atoms with Gasteiger partial charge < -0.3 is 26.2 Å². The number of alkyl halides is 3. The maximum Gasteiger partial charge on any atom is 0.416 e. The molecule has 1 saturated carbocycles. The van der Waals surface area contributed by atoms with Crippen LogP contribution in [0.25, 0.3) is 0 Å². The van der Waals surface area contributed by atoms with E-state index in [1.807, 2.05) is 0 Å². The van der Waals surface area contributed by atoms with Gasteiger partial charge in [-0.05, 0) is 69.2 Å². The first-order chi connectivity index (χ1) is 16.8. The molecule has 3 fully saturated rings. The highest BCUT2D eigenvalue weighted by Crippen LogP contribution is 2.45. The van der Waals surface area contributed by atoms with E-state index in [-0.39, 0.29) is 6.04 Å². The fourth-order valence-corrected chi connectivity index (χ4v) is 6.95. The maximum absolute atomic E-state index is 13.7. The number of allylic oxidation sites excluding steroid dienone is 3. The van der Waals surface area contributed by atoms with E-state index in [2.05, 4.69) is 39.5 Å². The van der Waals surface area contributed by atoms with Crippen LogP contribution in [0.1, 0.15) is 44.6 Å². The Hall–Kier alpha value is -1.84. The van der Waals surface area contributed by atoms with Crippen LogP contribution < -0.4 is 16.4 Å². The molecule has 2 atom stereocenters. The van der Waals surface area contributed by atoms with Gasteiger partial charge in [0, 0.05) is 66.8 Å². The van der Waals surface area contributed by atoms with Crippen molar-refractivity contribution in [3.8, 4) is 0 Å². The Bertz CT molecular complexity index is 984. The molecule has 1 aliphatic carbocycles. The van der Waals surface area contributed by atoms with E-state index >= 15 is 0 Å². The average molecular weight is 508 g/mol. The molecule has 0 spiro atoms. The standard InChI is InChI=1S/C26H36F3N5S/c1-17(34-15-18-3-5-22(34)12-18)2-4-21-16-35-24-14-19(26(27,28)29)13-23(25(24)32-21)31-20-6-9-33(10-7-20)11-8-30/h2,4,13-14,18,20,22,31-32H,3,5-12,15-16,30H2,1H3/b17-2+,21-4+. The molecule has 2 unspecified atom stereocenters. The average Bonchev–Trinajstić information content (AvgIpc) is 3.47. The molecule has 192 valence electrons. The predicted octanol–water partition coefficient (Wildman–Crippen LogP) is 5.33. The highest BCUT2D eigenvalue weighted by Gasteiger charge is 2.37. The van der Waals surface area contributed by atoms with Crippen LogP contribution in [0.15, 0.2) is 40.6 Å². The molecule has 4 N–H and O–H groups in total. The molecule has 2 bridgehead atoms. The third-order valence-electron chi connectivity index (χ3n) is 7.88. The molecule has 5 nitrogen and oxygen atoms in total. The Morgan fingerprint density at radius 2 is 2.03 bits per heavy atom. The minimum atomic E-state index is -4.37. The normalized spacial score (nSPS) is 26.8. The number of benzene rings is 1. The van der Waals surface area contributed by atoms with Crippen LogP contribution in [0, 0.1) is 5.92 Å². The second kappa shape index (κ2) is 10.3. The quantitative estimate of drug-likeness (QED) is 0.484. The number of nitrogens with zero attached hydrogens (tertiary/aromatic N) is 2. The highest BCUT2D eigenvalue weighted by molar-refractivity contribution is 7.99. The maximum atomic E-state index is 13.7. The molecule has 5 rings (SSSR count). The van der Waals surface area contributed by atoms with Crippen molar-refractivity contribution in [2.24, 2.45) is 11.7 Å². The molecule has 1 aromatic carbocycles. The summed E-state index contributed by atoms with van der Waals surface area (Å²) in [7, 11) is 0. The minimum absolute atomic E-state index is 0.144. The molecule has 9 heteroatoms. The lowest BCUT2D eigenvalue weighted by atomic mass is 10.0. The third-order valence-corrected chi connectivity index (χ3v) is 8.97. The number of thioether (sulfide) groups is 1. The summed E-state index contributed by atoms with van der Waals surface area (Å²) in [6.45, 7) is 6.63. The summed E-state index contributed by atoms with van der Waals surface area (Å²) in [6.07, 6.45) is 5.62. The predicted molar refractivity (Wildman–Crippen MR) is 138 cm³/mol. The Balaban J connectivity index is 1.34. The number of anilines is 2. The van der Waals surface area contributed by atoms with E-state index in [0.29, 0.717) is 28.9 Å². The van der Waals surface area contributed by atoms with Gasteiger partial charge in [-0.15, -0.1) is 11.8 Å². The van der Waals surface area contributed by atoms with Crippen LogP contribution in [0.3, 0.4) is 0 Å². The number of rotatable bonds is 6. The van der Waals surface area contributed by atoms with Gasteiger partial charge in [-0.3, -0.25) is 0 Å². The van der Waals surface area contributed by atoms with Gasteiger partial charge in [0.05, 0.1) is 16.9 Å². The summed E-state index contributed by atoms with van der Waals surface area (Å²) in [6, 6.07) is 3.37. The molecule has 3 aliphatic heterocycles. The van der Waals surface area contributed by atoms with E-state index in [9.17, 15) is 13.2 Å². The number of hydrogen-bond acceptors (Lipinski definition) is 6. The molecular weight excluding hydrogens is 471 g/mol. The van der Waals surface area contributed by atoms with Crippen molar-refractivity contribution in [2.75, 3.05) is 49.1 Å². The summed E-state index contributed by atoms with van der Waals surface area (Å²) >= 11 is 1.47. The first kappa shape index (κ1) is 24.8. The van der Waals surface area contributed by atoms with Crippen LogP contribution in [0.2, 0.25) is 0 Å². The first-order valence-corrected chi connectivity index (χ1v) is 13.8. The van der Waals surface area contributed by atoms with Gasteiger partial charge in [-0.25, -0.2) is 0 Å². The lowest BCUT2D eigenvalue weighted by Gasteiger charge is -2.34. The molecule has 0 radical (unpaired) electrons. The third kappa shape index (κ3) is 5.62. The Morgan fingerprint density at radius 3 is 2.69 bits per heavy atom. The smallest absolute Gasteiger partial charge is 0.380 e. The zero-order chi connectivity index (χ0) is 24.6. The number of fused-ring (bicyclic) bond motifs is 3. The number of piperidine rings is 2. The Kier molecular flexibility index (Phi) is 7.28. The van der Waals surface area contributed by atoms with E-state index in [1.165, 1.54) is 48.9 Å². The zero-order valence-electron chi connectivity index (χ0n) is 20.3. The number of halogens is 3. The van der Waals surface area contributed by atoms with Gasteiger partial charge in [-0.2, -0.15) is 13.2 Å². The summed E-state index contributed by atoms with van der Waals surface area (Å²) in [5.41, 5.74) is 8.68. The van der Waals surface area contributed by atoms with E-state index in [1.54, 1.807) is 0 Å². The van der Waals surface area contributed by atoms with Crippen LogP contribution in [0.5, 0.6) is 0 Å². The SMILES string of the molecule is C/C(=C\C=C1/CSc2cc(C(F)(F)F)cc(NC3CCN(CCN)CC3)c2N1)N1CC2CCC1C2. The molecule has 35 heavy (non-hydrogen) atoms. The van der Waals surface area contributed by atoms with E-state index in [4.69, 9.17) is 5.73 Å². The second-order valence-electron chi connectivity index (χ2n) is 10.3. The lowest BCUT2D eigenvalue weighted by Crippen LogP contribution is -2.41. The summed E-state index contributed by atoms with van der Waals surface area (Å²) < 4.78 is 41.0. The van der Waals surface area contributed by atoms with Crippen molar-refractivity contribution in [3.05, 3.63) is 41.2 Å². The molecule has 0 amide bonds. The van der Waals surface area contributed by atoms with Crippen LogP contribution in [-0.2, 0) is 6.18 Å². The minimum Gasteiger partial charge on any atom is -0.380 e. The summed E-state index contributed by atoms with van der Waals surface area (Å²) in [5, 5.41) is 6.91. The number of hydrogen-bond donors (Lipinski definition) is 3. The second-order valence-corrected chi connectivity index (χ2v) is 11.4. The first-order valence-electron chi connectivity index (χ1n) is 12.8. The molecule has 0 aromatic heterocycles. The van der Waals surface area contributed by atoms with Crippen molar-refractivity contribution in [3.63, 3.8) is 0 Å². The van der Waals surface area contributed by atoms with Gasteiger partial charge in [-0.1, -0.05) is 0 Å². The molecule has 1 aromatic rings. The summed E-state index contributed by atoms with van der Waals surface area (Å²) in [4.78, 5) is 5.49. The van der Waals surface area contributed by atoms with Gasteiger partial charge in [0.25, 0.3) is 0 Å². The van der Waals surface area contributed by atoms with Gasteiger partial charge in [0.15, 0.2) is 0 Å². The summed E-state index contributed by atoms with van der Waals surface area (Å²) in [5.74, 6) is 1.46. The van der Waals surface area contributed by atoms with E-state index in [0.717, 1.165) is 56.3 Å². The lowest BCUT2D eigenvalue weighted by molar-refractivity contribution is -0.137. The van der Waals surface area contributed by atoms with Crippen molar-refractivity contribution >= 4 is 23.1 Å². The molecule has 3 heterocycles. The topological polar surface area (TPSA) is 56.6 Å². The molecular formula is C26H36F3N5S. The van der Waals surface area contributed by atoms with E-state index < -0.39 is 11.7 Å². The number of nitrogens with two attached hydrogens (primary N) is 1. The fraction of sp³-hybridized carbons (Fsp3) is 0.615. The number of likely N-dealkylation sites (tertiary alicyclic amines) is 2. The Morgan fingerprint density at radius 1 is 1.23 bits per heavy atom. The Labute approximate surface area is 210 Å². The largest absolute Gasteiger partial charge is 0.416 e. The van der Waals surface area contributed by atoms with Crippen LogP contribution >= 0.6 is 11.8 Å². The highest BCUT2D eigenvalue weighted by atomic mass is 32.2. The van der Waals surface area contributed by atoms with Crippen LogP contribution in [-0.4, -0.2) is 60.4 Å². The number of nitrogens with one attached hydrogen (secondary N) is 2. The van der Waals surface area contributed by atoms with Crippen LogP contribution in [0.4, 0.5) is 24.5 Å².